The zero-order valence-electron chi connectivity index (χ0n) is 11.0. The summed E-state index contributed by atoms with van der Waals surface area (Å²) in [6, 6.07) is 1.46. The normalized spacial score (nSPS) is 21.6. The van der Waals surface area contributed by atoms with Crippen molar-refractivity contribution in [1.82, 2.24) is 4.98 Å². The topological polar surface area (TPSA) is 120 Å². The number of hydrogen-bond acceptors (Lipinski definition) is 6. The lowest BCUT2D eigenvalue weighted by Gasteiger charge is -2.13. The average molecular weight is 280 g/mol. The Balaban J connectivity index is 1.98. The zero-order chi connectivity index (χ0) is 14.7. The van der Waals surface area contributed by atoms with E-state index in [2.05, 4.69) is 10.3 Å². The van der Waals surface area contributed by atoms with E-state index in [4.69, 9.17) is 10.5 Å². The number of hydrogen-bond donors (Lipinski definition) is 2. The number of pyridine rings is 1. The first-order chi connectivity index (χ1) is 9.47. The number of aryl methyl sites for hydroxylation is 1. The lowest BCUT2D eigenvalue weighted by molar-refractivity contribution is -0.384. The molecule has 0 spiro atoms. The Hall–Kier alpha value is -2.22. The molecule has 2 atom stereocenters. The van der Waals surface area contributed by atoms with Crippen LogP contribution in [-0.2, 0) is 9.53 Å². The fraction of sp³-hybridized carbons (Fsp3) is 0.500. The first kappa shape index (κ1) is 14.2. The molecule has 108 valence electrons. The van der Waals surface area contributed by atoms with E-state index < -0.39 is 16.9 Å². The van der Waals surface area contributed by atoms with E-state index in [-0.39, 0.29) is 17.6 Å². The minimum absolute atomic E-state index is 0.0746. The number of rotatable bonds is 5. The molecular formula is C12H16N4O4. The van der Waals surface area contributed by atoms with Gasteiger partial charge in [0.25, 0.3) is 0 Å². The van der Waals surface area contributed by atoms with Gasteiger partial charge in [0.15, 0.2) is 0 Å². The molecule has 1 amide bonds. The van der Waals surface area contributed by atoms with Gasteiger partial charge in [-0.25, -0.2) is 4.98 Å². The van der Waals surface area contributed by atoms with Gasteiger partial charge < -0.3 is 15.8 Å². The first-order valence-electron chi connectivity index (χ1n) is 6.27. The molecule has 0 aliphatic carbocycles. The SMILES string of the molecule is Cc1cnc(NCC2CCC(C(N)=O)O2)c([N+](=O)[O-])c1. The summed E-state index contributed by atoms with van der Waals surface area (Å²) in [5, 5.41) is 13.8. The number of carbonyl (C=O) groups is 1. The van der Waals surface area contributed by atoms with Crippen molar-refractivity contribution in [3.8, 4) is 0 Å². The van der Waals surface area contributed by atoms with Gasteiger partial charge in [0.1, 0.15) is 6.10 Å². The van der Waals surface area contributed by atoms with Gasteiger partial charge in [-0.1, -0.05) is 0 Å². The largest absolute Gasteiger partial charge is 0.367 e. The molecule has 1 aromatic heterocycles. The van der Waals surface area contributed by atoms with E-state index in [1.54, 1.807) is 13.1 Å². The van der Waals surface area contributed by atoms with E-state index in [0.29, 0.717) is 24.9 Å². The summed E-state index contributed by atoms with van der Waals surface area (Å²) in [6.07, 6.45) is 2.04. The molecule has 8 heteroatoms. The molecule has 2 rings (SSSR count). The number of aromatic nitrogens is 1. The standard InChI is InChI=1S/C12H16N4O4/c1-7-4-9(16(18)19)12(14-5-7)15-6-8-2-3-10(20-8)11(13)17/h4-5,8,10H,2-3,6H2,1H3,(H2,13,17)(H,14,15). The number of anilines is 1. The molecule has 8 nitrogen and oxygen atoms in total. The summed E-state index contributed by atoms with van der Waals surface area (Å²) in [4.78, 5) is 25.5. The van der Waals surface area contributed by atoms with Crippen LogP contribution < -0.4 is 11.1 Å². The van der Waals surface area contributed by atoms with Crippen LogP contribution in [0.1, 0.15) is 18.4 Å². The van der Waals surface area contributed by atoms with Gasteiger partial charge in [-0.05, 0) is 25.3 Å². The Kier molecular flexibility index (Phi) is 4.14. The van der Waals surface area contributed by atoms with Gasteiger partial charge in [0.05, 0.1) is 11.0 Å². The summed E-state index contributed by atoms with van der Waals surface area (Å²) >= 11 is 0. The first-order valence-corrected chi connectivity index (χ1v) is 6.27. The fourth-order valence-electron chi connectivity index (χ4n) is 2.10. The molecule has 2 heterocycles. The molecule has 0 bridgehead atoms. The van der Waals surface area contributed by atoms with Crippen LogP contribution in [0.3, 0.4) is 0 Å². The molecule has 0 aromatic carbocycles. The Morgan fingerprint density at radius 2 is 2.40 bits per heavy atom. The number of nitrogens with zero attached hydrogens (tertiary/aromatic N) is 2. The van der Waals surface area contributed by atoms with Crippen LogP contribution in [0, 0.1) is 17.0 Å². The zero-order valence-corrected chi connectivity index (χ0v) is 11.0. The van der Waals surface area contributed by atoms with Gasteiger partial charge in [0, 0.05) is 18.8 Å². The molecule has 1 aliphatic rings. The molecule has 20 heavy (non-hydrogen) atoms. The number of ether oxygens (including phenoxy) is 1. The van der Waals surface area contributed by atoms with Crippen molar-refractivity contribution in [3.63, 3.8) is 0 Å². The minimum Gasteiger partial charge on any atom is -0.367 e. The van der Waals surface area contributed by atoms with Crippen LogP contribution in [0.15, 0.2) is 12.3 Å². The molecule has 1 aliphatic heterocycles. The van der Waals surface area contributed by atoms with Crippen LogP contribution in [-0.4, -0.2) is 34.6 Å². The predicted molar refractivity (Wildman–Crippen MR) is 71.2 cm³/mol. The maximum absolute atomic E-state index is 11.0. The number of carbonyl (C=O) groups excluding carboxylic acids is 1. The number of nitro groups is 1. The third-order valence-corrected chi connectivity index (χ3v) is 3.12. The smallest absolute Gasteiger partial charge is 0.311 e. The summed E-state index contributed by atoms with van der Waals surface area (Å²) in [5.74, 6) is -0.279. The Labute approximate surface area is 115 Å². The Morgan fingerprint density at radius 1 is 1.65 bits per heavy atom. The summed E-state index contributed by atoms with van der Waals surface area (Å²) < 4.78 is 5.43. The van der Waals surface area contributed by atoms with E-state index in [0.717, 1.165) is 0 Å². The number of primary amides is 1. The fourth-order valence-corrected chi connectivity index (χ4v) is 2.10. The highest BCUT2D eigenvalue weighted by atomic mass is 16.6. The minimum atomic E-state index is -0.567. The Morgan fingerprint density at radius 3 is 3.00 bits per heavy atom. The quantitative estimate of drug-likeness (QED) is 0.606. The highest BCUT2D eigenvalue weighted by Crippen LogP contribution is 2.24. The average Bonchev–Trinajstić information content (AvgIpc) is 2.86. The van der Waals surface area contributed by atoms with Crippen molar-refractivity contribution in [1.29, 1.82) is 0 Å². The highest BCUT2D eigenvalue weighted by Gasteiger charge is 2.29. The van der Waals surface area contributed by atoms with Crippen molar-refractivity contribution in [2.75, 3.05) is 11.9 Å². The highest BCUT2D eigenvalue weighted by molar-refractivity contribution is 5.79. The van der Waals surface area contributed by atoms with E-state index in [9.17, 15) is 14.9 Å². The Bertz CT molecular complexity index is 534. The van der Waals surface area contributed by atoms with Crippen molar-refractivity contribution in [2.45, 2.75) is 32.0 Å². The molecule has 1 saturated heterocycles. The van der Waals surface area contributed by atoms with E-state index >= 15 is 0 Å². The molecule has 0 radical (unpaired) electrons. The van der Waals surface area contributed by atoms with Gasteiger partial charge in [-0.3, -0.25) is 14.9 Å². The van der Waals surface area contributed by atoms with Gasteiger partial charge >= 0.3 is 5.69 Å². The molecular weight excluding hydrogens is 264 g/mol. The van der Waals surface area contributed by atoms with Crippen LogP contribution in [0.4, 0.5) is 11.5 Å². The van der Waals surface area contributed by atoms with Crippen LogP contribution in [0.25, 0.3) is 0 Å². The second kappa shape index (κ2) is 5.83. The van der Waals surface area contributed by atoms with Crippen LogP contribution in [0.2, 0.25) is 0 Å². The second-order valence-electron chi connectivity index (χ2n) is 4.74. The van der Waals surface area contributed by atoms with Crippen molar-refractivity contribution in [3.05, 3.63) is 27.9 Å². The lowest BCUT2D eigenvalue weighted by atomic mass is 10.2. The van der Waals surface area contributed by atoms with Crippen molar-refractivity contribution < 1.29 is 14.5 Å². The summed E-state index contributed by atoms with van der Waals surface area (Å²) in [6.45, 7) is 2.09. The molecule has 1 fully saturated rings. The summed E-state index contributed by atoms with van der Waals surface area (Å²) in [5.41, 5.74) is 5.80. The van der Waals surface area contributed by atoms with Gasteiger partial charge in [-0.2, -0.15) is 0 Å². The molecule has 0 saturated carbocycles. The van der Waals surface area contributed by atoms with Crippen LogP contribution >= 0.6 is 0 Å². The molecule has 1 aromatic rings. The number of nitrogens with one attached hydrogen (secondary N) is 1. The second-order valence-corrected chi connectivity index (χ2v) is 4.74. The maximum Gasteiger partial charge on any atom is 0.311 e. The molecule has 2 unspecified atom stereocenters. The monoisotopic (exact) mass is 280 g/mol. The van der Waals surface area contributed by atoms with Gasteiger partial charge in [-0.15, -0.1) is 0 Å². The lowest BCUT2D eigenvalue weighted by Crippen LogP contribution is -2.30. The van der Waals surface area contributed by atoms with E-state index in [1.807, 2.05) is 0 Å². The van der Waals surface area contributed by atoms with E-state index in [1.165, 1.54) is 6.07 Å². The third kappa shape index (κ3) is 3.21. The third-order valence-electron chi connectivity index (χ3n) is 3.12. The van der Waals surface area contributed by atoms with Crippen LogP contribution in [0.5, 0.6) is 0 Å². The summed E-state index contributed by atoms with van der Waals surface area (Å²) in [7, 11) is 0. The number of amides is 1. The number of nitrogens with two attached hydrogens (primary N) is 1. The van der Waals surface area contributed by atoms with Gasteiger partial charge in [0.2, 0.25) is 11.7 Å². The van der Waals surface area contributed by atoms with Crippen molar-refractivity contribution in [2.24, 2.45) is 5.73 Å². The maximum atomic E-state index is 11.0. The van der Waals surface area contributed by atoms with Crippen molar-refractivity contribution >= 4 is 17.4 Å². The predicted octanol–water partition coefficient (Wildman–Crippen LogP) is 0.743. The molecule has 3 N–H and O–H groups in total.